The molecule has 1 amide bonds. The number of rotatable bonds is 7. The van der Waals surface area contributed by atoms with Gasteiger partial charge in [-0.25, -0.2) is 0 Å². The predicted octanol–water partition coefficient (Wildman–Crippen LogP) is 0.875. The van der Waals surface area contributed by atoms with Gasteiger partial charge in [0.05, 0.1) is 18.1 Å². The fourth-order valence-corrected chi connectivity index (χ4v) is 2.02. The summed E-state index contributed by atoms with van der Waals surface area (Å²) < 4.78 is 0. The van der Waals surface area contributed by atoms with Crippen molar-refractivity contribution < 1.29 is 4.79 Å². The summed E-state index contributed by atoms with van der Waals surface area (Å²) in [5.41, 5.74) is 5.98. The molecule has 2 heterocycles. The molecule has 0 spiro atoms. The van der Waals surface area contributed by atoms with Crippen molar-refractivity contribution >= 4 is 28.7 Å². The first-order chi connectivity index (χ1) is 10.0. The van der Waals surface area contributed by atoms with Crippen molar-refractivity contribution in [1.29, 1.82) is 0 Å². The number of nitrogens with one attached hydrogen (secondary N) is 2. The van der Waals surface area contributed by atoms with Crippen LogP contribution in [-0.2, 0) is 4.79 Å². The molecule has 0 aliphatic rings. The molecule has 2 aromatic heterocycles. The molecule has 8 heteroatoms. The number of carbonyl (C=O) groups excluding carboxylic acids is 1. The van der Waals surface area contributed by atoms with E-state index >= 15 is 0 Å². The molecule has 4 N–H and O–H groups in total. The van der Waals surface area contributed by atoms with Gasteiger partial charge in [-0.15, -0.1) is 0 Å². The van der Waals surface area contributed by atoms with Gasteiger partial charge in [0.25, 0.3) is 0 Å². The van der Waals surface area contributed by atoms with Crippen molar-refractivity contribution in [3.8, 4) is 0 Å². The van der Waals surface area contributed by atoms with E-state index in [-0.39, 0.29) is 12.6 Å². The average Bonchev–Trinajstić information content (AvgIpc) is 2.89. The lowest BCUT2D eigenvalue weighted by atomic mass is 10.2. The minimum atomic E-state index is -0.401. The Hall–Kier alpha value is -2.38. The normalized spacial score (nSPS) is 11.0. The second kappa shape index (κ2) is 6.38. The minimum absolute atomic E-state index is 0.0736. The Morgan fingerprint density at radius 2 is 2.24 bits per heavy atom. The van der Waals surface area contributed by atoms with Crippen molar-refractivity contribution in [3.63, 3.8) is 0 Å². The van der Waals surface area contributed by atoms with Crippen LogP contribution in [0.15, 0.2) is 6.20 Å². The molecule has 0 saturated carbocycles. The zero-order chi connectivity index (χ0) is 15.4. The fourth-order valence-electron chi connectivity index (χ4n) is 2.02. The van der Waals surface area contributed by atoms with E-state index in [0.717, 1.165) is 18.4 Å². The number of primary amides is 1. The van der Waals surface area contributed by atoms with E-state index in [9.17, 15) is 4.79 Å². The van der Waals surface area contributed by atoms with E-state index in [1.807, 2.05) is 18.7 Å². The van der Waals surface area contributed by atoms with Gasteiger partial charge in [-0.1, -0.05) is 6.92 Å². The minimum Gasteiger partial charge on any atom is -0.368 e. The second-order valence-corrected chi connectivity index (χ2v) is 5.12. The molecule has 8 nitrogen and oxygen atoms in total. The number of hydrogen-bond acceptors (Lipinski definition) is 6. The molecule has 0 aliphatic carbocycles. The van der Waals surface area contributed by atoms with Crippen LogP contribution in [-0.4, -0.2) is 45.2 Å². The third kappa shape index (κ3) is 3.39. The highest BCUT2D eigenvalue weighted by Gasteiger charge is 2.20. The van der Waals surface area contributed by atoms with Crippen LogP contribution in [0.25, 0.3) is 11.0 Å². The lowest BCUT2D eigenvalue weighted by molar-refractivity contribution is -0.116. The molecule has 0 atom stereocenters. The lowest BCUT2D eigenvalue weighted by Gasteiger charge is -2.27. The summed E-state index contributed by atoms with van der Waals surface area (Å²) in [5.74, 6) is 0.766. The Balaban J connectivity index is 2.47. The van der Waals surface area contributed by atoms with Crippen LogP contribution in [0.3, 0.4) is 0 Å². The maximum absolute atomic E-state index is 11.3. The molecule has 0 aliphatic heterocycles. The number of nitrogens with zero attached hydrogens (tertiary/aromatic N) is 4. The quantitative estimate of drug-likeness (QED) is 0.698. The molecule has 0 aromatic carbocycles. The van der Waals surface area contributed by atoms with E-state index in [0.29, 0.717) is 17.4 Å². The maximum Gasteiger partial charge on any atom is 0.237 e. The summed E-state index contributed by atoms with van der Waals surface area (Å²) in [6, 6.07) is 0.0736. The van der Waals surface area contributed by atoms with Crippen molar-refractivity contribution in [1.82, 2.24) is 20.2 Å². The number of carbonyl (C=O) groups is 1. The molecular formula is C13H21N7O. The number of nitrogens with two attached hydrogens (primary N) is 1. The van der Waals surface area contributed by atoms with Gasteiger partial charge in [-0.2, -0.15) is 15.1 Å². The van der Waals surface area contributed by atoms with Gasteiger partial charge in [0.2, 0.25) is 11.9 Å². The Bertz CT molecular complexity index is 622. The summed E-state index contributed by atoms with van der Waals surface area (Å²) in [4.78, 5) is 22.1. The van der Waals surface area contributed by atoms with Crippen molar-refractivity contribution in [2.24, 2.45) is 5.73 Å². The number of anilines is 2. The largest absolute Gasteiger partial charge is 0.368 e. The van der Waals surface area contributed by atoms with E-state index < -0.39 is 5.91 Å². The van der Waals surface area contributed by atoms with Crippen molar-refractivity contribution in [3.05, 3.63) is 6.20 Å². The molecule has 2 rings (SSSR count). The molecule has 114 valence electrons. The first kappa shape index (κ1) is 15.0. The van der Waals surface area contributed by atoms with Gasteiger partial charge in [0, 0.05) is 12.6 Å². The van der Waals surface area contributed by atoms with Gasteiger partial charge in [0.15, 0.2) is 5.65 Å². The zero-order valence-corrected chi connectivity index (χ0v) is 12.6. The Kier molecular flexibility index (Phi) is 4.56. The highest BCUT2D eigenvalue weighted by molar-refractivity contribution is 5.90. The molecule has 0 radical (unpaired) electrons. The predicted molar refractivity (Wildman–Crippen MR) is 82.1 cm³/mol. The molecule has 21 heavy (non-hydrogen) atoms. The standard InChI is InChI=1S/C13H21N7O/c1-4-5-15-13-17-11-9(6-16-19-11)12(18-13)20(8(2)3)7-10(14)21/h6,8H,4-5,7H2,1-3H3,(H2,14,21)(H2,15,16,17,18,19). The average molecular weight is 291 g/mol. The molecule has 0 fully saturated rings. The summed E-state index contributed by atoms with van der Waals surface area (Å²) in [5, 5.41) is 10.8. The molecule has 0 saturated heterocycles. The van der Waals surface area contributed by atoms with Gasteiger partial charge >= 0.3 is 0 Å². The van der Waals surface area contributed by atoms with Crippen LogP contribution >= 0.6 is 0 Å². The van der Waals surface area contributed by atoms with Crippen LogP contribution in [0.4, 0.5) is 11.8 Å². The van der Waals surface area contributed by atoms with Crippen LogP contribution in [0.5, 0.6) is 0 Å². The Morgan fingerprint density at radius 1 is 1.48 bits per heavy atom. The van der Waals surface area contributed by atoms with Crippen LogP contribution in [0.2, 0.25) is 0 Å². The summed E-state index contributed by atoms with van der Waals surface area (Å²) in [6.45, 7) is 6.90. The molecule has 0 bridgehead atoms. The summed E-state index contributed by atoms with van der Waals surface area (Å²) in [6.07, 6.45) is 2.62. The highest BCUT2D eigenvalue weighted by Crippen LogP contribution is 2.25. The zero-order valence-electron chi connectivity index (χ0n) is 12.6. The second-order valence-electron chi connectivity index (χ2n) is 5.12. The molecule has 0 unspecified atom stereocenters. The van der Waals surface area contributed by atoms with Gasteiger partial charge in [-0.05, 0) is 20.3 Å². The maximum atomic E-state index is 11.3. The Morgan fingerprint density at radius 3 is 2.86 bits per heavy atom. The highest BCUT2D eigenvalue weighted by atomic mass is 16.1. The van der Waals surface area contributed by atoms with Crippen molar-refractivity contribution in [2.45, 2.75) is 33.2 Å². The number of H-pyrrole nitrogens is 1. The SMILES string of the molecule is CCCNc1nc(N(CC(N)=O)C(C)C)c2cn[nH]c2n1. The summed E-state index contributed by atoms with van der Waals surface area (Å²) >= 11 is 0. The van der Waals surface area contributed by atoms with E-state index in [1.165, 1.54) is 0 Å². The summed E-state index contributed by atoms with van der Waals surface area (Å²) in [7, 11) is 0. The van der Waals surface area contributed by atoms with Crippen LogP contribution in [0, 0.1) is 0 Å². The number of fused-ring (bicyclic) bond motifs is 1. The Labute approximate surface area is 123 Å². The monoisotopic (exact) mass is 291 g/mol. The fraction of sp³-hybridized carbons (Fsp3) is 0.538. The first-order valence-corrected chi connectivity index (χ1v) is 7.02. The van der Waals surface area contributed by atoms with E-state index in [4.69, 9.17) is 5.73 Å². The third-order valence-electron chi connectivity index (χ3n) is 3.04. The van der Waals surface area contributed by atoms with Crippen LogP contribution in [0.1, 0.15) is 27.2 Å². The van der Waals surface area contributed by atoms with Gasteiger partial charge in [0.1, 0.15) is 5.82 Å². The molecule has 2 aromatic rings. The van der Waals surface area contributed by atoms with E-state index in [2.05, 4.69) is 32.4 Å². The van der Waals surface area contributed by atoms with Crippen LogP contribution < -0.4 is 16.0 Å². The third-order valence-corrected chi connectivity index (χ3v) is 3.04. The number of aromatic nitrogens is 4. The smallest absolute Gasteiger partial charge is 0.237 e. The lowest BCUT2D eigenvalue weighted by Crippen LogP contribution is -2.39. The number of amides is 1. The number of aromatic amines is 1. The van der Waals surface area contributed by atoms with Crippen molar-refractivity contribution in [2.75, 3.05) is 23.3 Å². The first-order valence-electron chi connectivity index (χ1n) is 7.02. The topological polar surface area (TPSA) is 113 Å². The van der Waals surface area contributed by atoms with Gasteiger partial charge in [-0.3, -0.25) is 9.89 Å². The van der Waals surface area contributed by atoms with Gasteiger partial charge < -0.3 is 16.0 Å². The molecular weight excluding hydrogens is 270 g/mol. The number of hydrogen-bond donors (Lipinski definition) is 3. The van der Waals surface area contributed by atoms with E-state index in [1.54, 1.807) is 6.20 Å².